The molecule has 10 rings (SSSR count). The van der Waals surface area contributed by atoms with Crippen LogP contribution in [-0.4, -0.2) is 11.7 Å². The van der Waals surface area contributed by atoms with E-state index in [0.29, 0.717) is 5.84 Å². The van der Waals surface area contributed by atoms with Gasteiger partial charge in [0.1, 0.15) is 23.2 Å². The summed E-state index contributed by atoms with van der Waals surface area (Å²) in [5.74, 6) is 1.43. The van der Waals surface area contributed by atoms with Gasteiger partial charge in [-0.2, -0.15) is 0 Å². The van der Waals surface area contributed by atoms with Gasteiger partial charge in [0.25, 0.3) is 0 Å². The molecule has 9 aromatic rings. The van der Waals surface area contributed by atoms with Crippen molar-refractivity contribution in [2.24, 2.45) is 9.98 Å². The maximum atomic E-state index is 6.82. The highest BCUT2D eigenvalue weighted by Crippen LogP contribution is 2.41. The molecule has 0 spiro atoms. The maximum Gasteiger partial charge on any atom is 0.159 e. The molecule has 4 nitrogen and oxygen atoms in total. The van der Waals surface area contributed by atoms with Crippen LogP contribution >= 0.6 is 0 Å². The van der Waals surface area contributed by atoms with Crippen LogP contribution in [0.4, 0.5) is 0 Å². The van der Waals surface area contributed by atoms with Gasteiger partial charge in [-0.05, 0) is 74.3 Å². The Morgan fingerprint density at radius 2 is 1.18 bits per heavy atom. The number of nitrogens with one attached hydrogen (secondary N) is 1. The Kier molecular flexibility index (Phi) is 6.85. The molecule has 0 fully saturated rings. The van der Waals surface area contributed by atoms with Crippen LogP contribution in [0.3, 0.4) is 0 Å². The Balaban J connectivity index is 1.18. The first kappa shape index (κ1) is 29.2. The zero-order chi connectivity index (χ0) is 33.7. The molecular formula is C47H31N3O. The van der Waals surface area contributed by atoms with E-state index in [1.54, 1.807) is 0 Å². The number of hydrogen-bond acceptors (Lipinski definition) is 4. The third-order valence-electron chi connectivity index (χ3n) is 9.88. The molecule has 1 atom stereocenters. The van der Waals surface area contributed by atoms with Gasteiger partial charge in [-0.15, -0.1) is 0 Å². The summed E-state index contributed by atoms with van der Waals surface area (Å²) in [7, 11) is 0. The van der Waals surface area contributed by atoms with Crippen molar-refractivity contribution < 1.29 is 4.42 Å². The Morgan fingerprint density at radius 3 is 2.02 bits per heavy atom. The van der Waals surface area contributed by atoms with Crippen molar-refractivity contribution in [2.45, 2.75) is 6.17 Å². The third-order valence-corrected chi connectivity index (χ3v) is 9.88. The van der Waals surface area contributed by atoms with Gasteiger partial charge in [-0.1, -0.05) is 146 Å². The molecule has 0 aliphatic carbocycles. The number of nitrogens with zero attached hydrogens (tertiary/aromatic N) is 2. The number of hydrogen-bond donors (Lipinski definition) is 1. The van der Waals surface area contributed by atoms with E-state index in [1.807, 2.05) is 24.3 Å². The molecule has 0 saturated carbocycles. The highest BCUT2D eigenvalue weighted by atomic mass is 16.3. The summed E-state index contributed by atoms with van der Waals surface area (Å²) < 4.78 is 6.82. The lowest BCUT2D eigenvalue weighted by Gasteiger charge is -2.24. The van der Waals surface area contributed by atoms with Gasteiger partial charge in [0.15, 0.2) is 5.84 Å². The largest absolute Gasteiger partial charge is 0.455 e. The van der Waals surface area contributed by atoms with Crippen molar-refractivity contribution in [2.75, 3.05) is 0 Å². The lowest BCUT2D eigenvalue weighted by molar-refractivity contribution is 0.669. The molecule has 8 aromatic carbocycles. The molecule has 0 saturated heterocycles. The molecule has 0 amide bonds. The number of rotatable bonds is 5. The predicted molar refractivity (Wildman–Crippen MR) is 211 cm³/mol. The average Bonchev–Trinajstić information content (AvgIpc) is 3.60. The van der Waals surface area contributed by atoms with E-state index >= 15 is 0 Å². The number of amidine groups is 2. The minimum atomic E-state index is -0.351. The number of benzene rings is 8. The van der Waals surface area contributed by atoms with Crippen molar-refractivity contribution in [1.82, 2.24) is 5.32 Å². The van der Waals surface area contributed by atoms with E-state index in [4.69, 9.17) is 14.4 Å². The molecule has 1 aromatic heterocycles. The van der Waals surface area contributed by atoms with Crippen LogP contribution in [0.1, 0.15) is 22.9 Å². The number of aliphatic imine (C=N–C) groups is 2. The fourth-order valence-corrected chi connectivity index (χ4v) is 7.36. The highest BCUT2D eigenvalue weighted by Gasteiger charge is 2.24. The average molecular weight is 654 g/mol. The molecule has 4 heteroatoms. The molecule has 2 heterocycles. The molecule has 51 heavy (non-hydrogen) atoms. The van der Waals surface area contributed by atoms with Gasteiger partial charge in [-0.3, -0.25) is 0 Å². The summed E-state index contributed by atoms with van der Waals surface area (Å²) in [5, 5.41) is 10.6. The third kappa shape index (κ3) is 5.17. The van der Waals surface area contributed by atoms with Gasteiger partial charge in [0, 0.05) is 27.3 Å². The van der Waals surface area contributed by atoms with E-state index in [0.717, 1.165) is 71.9 Å². The van der Waals surface area contributed by atoms with Gasteiger partial charge in [0.05, 0.1) is 0 Å². The molecular weight excluding hydrogens is 623 g/mol. The monoisotopic (exact) mass is 653 g/mol. The Morgan fingerprint density at radius 1 is 0.471 bits per heavy atom. The van der Waals surface area contributed by atoms with Crippen molar-refractivity contribution in [3.63, 3.8) is 0 Å². The smallest absolute Gasteiger partial charge is 0.159 e. The summed E-state index contributed by atoms with van der Waals surface area (Å²) in [5.41, 5.74) is 9.19. The summed E-state index contributed by atoms with van der Waals surface area (Å²) in [6, 6.07) is 61.7. The van der Waals surface area contributed by atoms with Crippen molar-refractivity contribution >= 4 is 55.2 Å². The fraction of sp³-hybridized carbons (Fsp3) is 0.0213. The lowest BCUT2D eigenvalue weighted by Crippen LogP contribution is -2.33. The normalized spacial score (nSPS) is 14.5. The standard InChI is InChI=1S/C47H31N3O/c1-3-12-30(13-4-1)35-19-11-20-37(27-35)46-48-45(33-16-5-2-6-17-33)49-47(50-46)38-28-41(36-23-22-31-14-7-8-18-34(31)26-36)43-40-25-24-32-15-9-10-21-39(32)44(40)51-42(43)29-38/h1-29,46H,(H,48,49,50). The topological polar surface area (TPSA) is 49.9 Å². The molecule has 1 aliphatic heterocycles. The Bertz CT molecular complexity index is 2830. The zero-order valence-electron chi connectivity index (χ0n) is 27.6. The highest BCUT2D eigenvalue weighted by molar-refractivity contribution is 6.21. The van der Waals surface area contributed by atoms with Crippen LogP contribution in [0.5, 0.6) is 0 Å². The van der Waals surface area contributed by atoms with Crippen molar-refractivity contribution in [3.05, 3.63) is 193 Å². The zero-order valence-corrected chi connectivity index (χ0v) is 27.6. The fourth-order valence-electron chi connectivity index (χ4n) is 7.36. The molecule has 1 N–H and O–H groups in total. The first-order valence-corrected chi connectivity index (χ1v) is 17.3. The number of furan rings is 1. The summed E-state index contributed by atoms with van der Waals surface area (Å²) in [6.07, 6.45) is -0.351. The summed E-state index contributed by atoms with van der Waals surface area (Å²) in [6.45, 7) is 0. The lowest BCUT2D eigenvalue weighted by atomic mass is 9.94. The van der Waals surface area contributed by atoms with E-state index in [2.05, 4.69) is 157 Å². The van der Waals surface area contributed by atoms with Crippen molar-refractivity contribution in [1.29, 1.82) is 0 Å². The minimum Gasteiger partial charge on any atom is -0.455 e. The molecule has 0 bridgehead atoms. The van der Waals surface area contributed by atoms with Crippen LogP contribution in [0.25, 0.3) is 65.7 Å². The second kappa shape index (κ2) is 12.0. The van der Waals surface area contributed by atoms with Gasteiger partial charge < -0.3 is 9.73 Å². The van der Waals surface area contributed by atoms with Gasteiger partial charge in [-0.25, -0.2) is 9.98 Å². The Labute approximate surface area is 295 Å². The second-order valence-electron chi connectivity index (χ2n) is 13.0. The predicted octanol–water partition coefficient (Wildman–Crippen LogP) is 11.7. The first-order valence-electron chi connectivity index (χ1n) is 17.3. The summed E-state index contributed by atoms with van der Waals surface area (Å²) >= 11 is 0. The second-order valence-corrected chi connectivity index (χ2v) is 13.0. The summed E-state index contributed by atoms with van der Waals surface area (Å²) in [4.78, 5) is 10.4. The van der Waals surface area contributed by atoms with Crippen LogP contribution < -0.4 is 5.32 Å². The quantitative estimate of drug-likeness (QED) is 0.201. The minimum absolute atomic E-state index is 0.351. The number of fused-ring (bicyclic) bond motifs is 6. The Hall–Kier alpha value is -6.78. The van der Waals surface area contributed by atoms with E-state index in [1.165, 1.54) is 16.3 Å². The van der Waals surface area contributed by atoms with E-state index < -0.39 is 0 Å². The van der Waals surface area contributed by atoms with E-state index in [-0.39, 0.29) is 6.17 Å². The van der Waals surface area contributed by atoms with Crippen LogP contribution in [0.15, 0.2) is 190 Å². The first-order chi connectivity index (χ1) is 25.2. The molecule has 240 valence electrons. The SMILES string of the molecule is c1ccc(C2=NC(c3cccc(-c4ccccc4)c3)NC(c3cc(-c4ccc5ccccc5c4)c4c(c3)oc3c5ccccc5ccc34)=N2)cc1. The molecule has 1 unspecified atom stereocenters. The molecule has 0 radical (unpaired) electrons. The van der Waals surface area contributed by atoms with Crippen LogP contribution in [0.2, 0.25) is 0 Å². The van der Waals surface area contributed by atoms with Crippen LogP contribution in [0, 0.1) is 0 Å². The molecule has 1 aliphatic rings. The van der Waals surface area contributed by atoms with Gasteiger partial charge >= 0.3 is 0 Å². The van der Waals surface area contributed by atoms with E-state index in [9.17, 15) is 0 Å². The van der Waals surface area contributed by atoms with Crippen LogP contribution in [-0.2, 0) is 0 Å². The maximum absolute atomic E-state index is 6.82. The van der Waals surface area contributed by atoms with Crippen molar-refractivity contribution in [3.8, 4) is 22.3 Å². The van der Waals surface area contributed by atoms with Gasteiger partial charge in [0.2, 0.25) is 0 Å².